The smallest absolute Gasteiger partial charge is 0.326 e. The van der Waals surface area contributed by atoms with Crippen LogP contribution in [0.2, 0.25) is 0 Å². The number of carboxylic acid groups (broad SMARTS) is 1. The van der Waals surface area contributed by atoms with Crippen LogP contribution < -0.4 is 5.32 Å². The molecule has 4 heteroatoms. The minimum absolute atomic E-state index is 0.197. The molecule has 4 aromatic carbocycles. The first-order valence-electron chi connectivity index (χ1n) is 11.3. The number of carbonyl (C=O) groups is 2. The lowest BCUT2D eigenvalue weighted by Crippen LogP contribution is -2.52. The van der Waals surface area contributed by atoms with Crippen LogP contribution in [0.4, 0.5) is 0 Å². The Morgan fingerprint density at radius 2 is 1.12 bits per heavy atom. The van der Waals surface area contributed by atoms with E-state index in [9.17, 15) is 14.7 Å². The van der Waals surface area contributed by atoms with Crippen molar-refractivity contribution in [2.24, 2.45) is 0 Å². The van der Waals surface area contributed by atoms with Gasteiger partial charge >= 0.3 is 5.97 Å². The molecule has 0 radical (unpaired) electrons. The van der Waals surface area contributed by atoms with E-state index in [-0.39, 0.29) is 12.3 Å². The first-order valence-corrected chi connectivity index (χ1v) is 11.3. The zero-order valence-electron chi connectivity index (χ0n) is 19.0. The van der Waals surface area contributed by atoms with Gasteiger partial charge in [-0.1, -0.05) is 115 Å². The number of amides is 1. The maximum atomic E-state index is 14.3. The van der Waals surface area contributed by atoms with Crippen molar-refractivity contribution in [2.75, 3.05) is 0 Å². The van der Waals surface area contributed by atoms with Gasteiger partial charge in [0.15, 0.2) is 0 Å². The molecule has 0 fully saturated rings. The van der Waals surface area contributed by atoms with Crippen LogP contribution in [0.5, 0.6) is 0 Å². The standard InChI is InChI=1S/C30H27NO3/c1-22-13-11-12-14-23(22)21-27(28(32)33)31-29(34)30(24-15-5-2-6-16-24,25-17-7-3-8-18-25)26-19-9-4-10-20-26/h2-20,27H,21H2,1H3,(H,31,34)(H,32,33)/t27-/m1/s1. The Morgan fingerprint density at radius 1 is 0.706 bits per heavy atom. The molecule has 0 saturated carbocycles. The second kappa shape index (κ2) is 10.2. The Bertz CT molecular complexity index is 1160. The summed E-state index contributed by atoms with van der Waals surface area (Å²) in [4.78, 5) is 26.6. The lowest BCUT2D eigenvalue weighted by Gasteiger charge is -2.35. The fourth-order valence-corrected chi connectivity index (χ4v) is 4.48. The Labute approximate surface area is 199 Å². The van der Waals surface area contributed by atoms with Gasteiger partial charge in [-0.15, -0.1) is 0 Å². The molecule has 4 nitrogen and oxygen atoms in total. The lowest BCUT2D eigenvalue weighted by atomic mass is 9.68. The van der Waals surface area contributed by atoms with E-state index in [1.54, 1.807) is 0 Å². The summed E-state index contributed by atoms with van der Waals surface area (Å²) in [5, 5.41) is 12.9. The van der Waals surface area contributed by atoms with E-state index in [1.807, 2.05) is 122 Å². The van der Waals surface area contributed by atoms with Crippen LogP contribution in [0.15, 0.2) is 115 Å². The van der Waals surface area contributed by atoms with Crippen LogP contribution in [-0.2, 0) is 21.4 Å². The number of carboxylic acids is 1. The minimum atomic E-state index is -1.22. The van der Waals surface area contributed by atoms with Gasteiger partial charge < -0.3 is 10.4 Å². The topological polar surface area (TPSA) is 66.4 Å². The monoisotopic (exact) mass is 449 g/mol. The van der Waals surface area contributed by atoms with Crippen molar-refractivity contribution in [3.05, 3.63) is 143 Å². The van der Waals surface area contributed by atoms with Crippen molar-refractivity contribution in [1.82, 2.24) is 5.32 Å². The largest absolute Gasteiger partial charge is 0.480 e. The number of benzene rings is 4. The van der Waals surface area contributed by atoms with Gasteiger partial charge in [-0.25, -0.2) is 4.79 Å². The van der Waals surface area contributed by atoms with Crippen LogP contribution in [0.25, 0.3) is 0 Å². The van der Waals surface area contributed by atoms with Crippen LogP contribution >= 0.6 is 0 Å². The van der Waals surface area contributed by atoms with Crippen LogP contribution in [-0.4, -0.2) is 23.0 Å². The maximum Gasteiger partial charge on any atom is 0.326 e. The molecule has 170 valence electrons. The lowest BCUT2D eigenvalue weighted by molar-refractivity contribution is -0.142. The third-order valence-electron chi connectivity index (χ3n) is 6.25. The maximum absolute atomic E-state index is 14.3. The quantitative estimate of drug-likeness (QED) is 0.366. The van der Waals surface area contributed by atoms with E-state index in [0.717, 1.165) is 27.8 Å². The molecule has 0 bridgehead atoms. The van der Waals surface area contributed by atoms with Gasteiger partial charge in [-0.2, -0.15) is 0 Å². The highest BCUT2D eigenvalue weighted by Gasteiger charge is 2.45. The van der Waals surface area contributed by atoms with Crippen molar-refractivity contribution in [1.29, 1.82) is 0 Å². The van der Waals surface area contributed by atoms with Crippen LogP contribution in [0.1, 0.15) is 27.8 Å². The first-order chi connectivity index (χ1) is 16.5. The fraction of sp³-hybridized carbons (Fsp3) is 0.133. The highest BCUT2D eigenvalue weighted by Crippen LogP contribution is 2.39. The highest BCUT2D eigenvalue weighted by molar-refractivity contribution is 5.98. The zero-order valence-corrected chi connectivity index (χ0v) is 19.0. The number of carbonyl (C=O) groups excluding carboxylic acids is 1. The predicted molar refractivity (Wildman–Crippen MR) is 134 cm³/mol. The number of aryl methyl sites for hydroxylation is 1. The van der Waals surface area contributed by atoms with Gasteiger partial charge in [0, 0.05) is 6.42 Å². The van der Waals surface area contributed by atoms with E-state index in [0.29, 0.717) is 0 Å². The summed E-state index contributed by atoms with van der Waals surface area (Å²) in [5.74, 6) is -1.45. The molecular weight excluding hydrogens is 422 g/mol. The molecule has 2 N–H and O–H groups in total. The second-order valence-electron chi connectivity index (χ2n) is 8.34. The number of nitrogens with one attached hydrogen (secondary N) is 1. The van der Waals surface area contributed by atoms with E-state index in [1.165, 1.54) is 0 Å². The Kier molecular flexibility index (Phi) is 6.88. The molecule has 1 atom stereocenters. The minimum Gasteiger partial charge on any atom is -0.480 e. The normalized spacial score (nSPS) is 12.0. The van der Waals surface area contributed by atoms with Crippen molar-refractivity contribution >= 4 is 11.9 Å². The third-order valence-corrected chi connectivity index (χ3v) is 6.25. The van der Waals surface area contributed by atoms with E-state index in [2.05, 4.69) is 5.32 Å². The van der Waals surface area contributed by atoms with E-state index < -0.39 is 17.4 Å². The molecule has 1 amide bonds. The van der Waals surface area contributed by atoms with Crippen LogP contribution in [0.3, 0.4) is 0 Å². The fourth-order valence-electron chi connectivity index (χ4n) is 4.48. The average molecular weight is 450 g/mol. The number of hydrogen-bond donors (Lipinski definition) is 2. The molecule has 0 spiro atoms. The average Bonchev–Trinajstić information content (AvgIpc) is 2.87. The molecular formula is C30H27NO3. The zero-order chi connectivity index (χ0) is 24.0. The summed E-state index contributed by atoms with van der Waals surface area (Å²) in [7, 11) is 0. The molecule has 0 aliphatic rings. The second-order valence-corrected chi connectivity index (χ2v) is 8.34. The molecule has 0 aliphatic carbocycles. The molecule has 0 unspecified atom stereocenters. The predicted octanol–water partition coefficient (Wildman–Crippen LogP) is 5.14. The van der Waals surface area contributed by atoms with Gasteiger partial charge in [0.1, 0.15) is 11.5 Å². The first kappa shape index (κ1) is 23.0. The van der Waals surface area contributed by atoms with Crippen molar-refractivity contribution < 1.29 is 14.7 Å². The van der Waals surface area contributed by atoms with Crippen LogP contribution in [0, 0.1) is 6.92 Å². The molecule has 4 aromatic rings. The SMILES string of the molecule is Cc1ccccc1C[C@@H](NC(=O)C(c1ccccc1)(c1ccccc1)c1ccccc1)C(=O)O. The Morgan fingerprint density at radius 3 is 1.53 bits per heavy atom. The summed E-state index contributed by atoms with van der Waals surface area (Å²) in [6, 6.07) is 35.1. The summed E-state index contributed by atoms with van der Waals surface area (Å²) in [6.45, 7) is 1.94. The summed E-state index contributed by atoms with van der Waals surface area (Å²) in [5.41, 5.74) is 2.96. The summed E-state index contributed by atoms with van der Waals surface area (Å²) >= 11 is 0. The summed E-state index contributed by atoms with van der Waals surface area (Å²) < 4.78 is 0. The number of rotatable bonds is 8. The van der Waals surface area contributed by atoms with Crippen molar-refractivity contribution in [2.45, 2.75) is 24.8 Å². The highest BCUT2D eigenvalue weighted by atomic mass is 16.4. The van der Waals surface area contributed by atoms with E-state index in [4.69, 9.17) is 0 Å². The molecule has 4 rings (SSSR count). The molecule has 34 heavy (non-hydrogen) atoms. The molecule has 0 aromatic heterocycles. The van der Waals surface area contributed by atoms with Gasteiger partial charge in [-0.05, 0) is 34.7 Å². The number of aliphatic carboxylic acids is 1. The molecule has 0 heterocycles. The molecule has 0 aliphatic heterocycles. The molecule has 0 saturated heterocycles. The van der Waals surface area contributed by atoms with Gasteiger partial charge in [0.05, 0.1) is 0 Å². The van der Waals surface area contributed by atoms with Crippen molar-refractivity contribution in [3.8, 4) is 0 Å². The van der Waals surface area contributed by atoms with Gasteiger partial charge in [0.2, 0.25) is 5.91 Å². The summed E-state index contributed by atoms with van der Waals surface area (Å²) in [6.07, 6.45) is 0.197. The van der Waals surface area contributed by atoms with Gasteiger partial charge in [0.25, 0.3) is 0 Å². The number of hydrogen-bond acceptors (Lipinski definition) is 2. The van der Waals surface area contributed by atoms with Gasteiger partial charge in [-0.3, -0.25) is 4.79 Å². The Hall–Kier alpha value is -4.18. The third kappa shape index (κ3) is 4.48. The van der Waals surface area contributed by atoms with E-state index >= 15 is 0 Å². The van der Waals surface area contributed by atoms with Crippen molar-refractivity contribution in [3.63, 3.8) is 0 Å². The Balaban J connectivity index is 1.85.